The first-order valence-electron chi connectivity index (χ1n) is 13.8. The fraction of sp³-hybridized carbons (Fsp3) is 0.966. The van der Waals surface area contributed by atoms with E-state index >= 15 is 0 Å². The first kappa shape index (κ1) is 24.7. The minimum Gasteiger partial charge on any atom is -0.359 e. The summed E-state index contributed by atoms with van der Waals surface area (Å²) in [6.07, 6.45) is 13.7. The second kappa shape index (κ2) is 9.68. The molecule has 4 saturated carbocycles. The first-order chi connectivity index (χ1) is 15.2. The molecule has 0 aliphatic heterocycles. The Hall–Kier alpha value is -0.410. The average Bonchev–Trinajstić information content (AvgIpc) is 3.09. The number of fused-ring (bicyclic) bond motifs is 5. The lowest BCUT2D eigenvalue weighted by atomic mass is 9.43. The predicted molar refractivity (Wildman–Crippen MR) is 130 cm³/mol. The van der Waals surface area contributed by atoms with Crippen molar-refractivity contribution in [1.29, 1.82) is 0 Å². The average molecular weight is 447 g/mol. The molecule has 0 N–H and O–H groups in total. The van der Waals surface area contributed by atoms with Crippen molar-refractivity contribution in [2.75, 3.05) is 13.9 Å². The molecule has 32 heavy (non-hydrogen) atoms. The van der Waals surface area contributed by atoms with Gasteiger partial charge in [-0.15, -0.1) is 0 Å². The normalized spacial score (nSPS) is 44.8. The maximum absolute atomic E-state index is 12.4. The molecule has 184 valence electrons. The van der Waals surface area contributed by atoms with Crippen LogP contribution in [0.15, 0.2) is 0 Å². The summed E-state index contributed by atoms with van der Waals surface area (Å²) >= 11 is 0. The molecule has 4 fully saturated rings. The minimum absolute atomic E-state index is 0.267. The summed E-state index contributed by atoms with van der Waals surface area (Å²) in [4.78, 5) is 12.4. The molecule has 0 bridgehead atoms. The van der Waals surface area contributed by atoms with Gasteiger partial charge in [-0.25, -0.2) is 0 Å². The number of ketones is 1. The van der Waals surface area contributed by atoms with Gasteiger partial charge in [-0.3, -0.25) is 4.79 Å². The highest BCUT2D eigenvalue weighted by atomic mass is 16.7. The Balaban J connectivity index is 1.56. The highest BCUT2D eigenvalue weighted by Gasteiger charge is 2.63. The monoisotopic (exact) mass is 446 g/mol. The number of carbonyl (C=O) groups is 1. The molecule has 4 aliphatic carbocycles. The fourth-order valence-electron chi connectivity index (χ4n) is 9.34. The van der Waals surface area contributed by atoms with Crippen molar-refractivity contribution >= 4 is 5.78 Å². The van der Waals surface area contributed by atoms with E-state index in [1.807, 2.05) is 0 Å². The van der Waals surface area contributed by atoms with Crippen LogP contribution >= 0.6 is 0 Å². The second-order valence-corrected chi connectivity index (χ2v) is 13.1. The Kier molecular flexibility index (Phi) is 7.48. The van der Waals surface area contributed by atoms with Crippen LogP contribution in [0.2, 0.25) is 0 Å². The van der Waals surface area contributed by atoms with Crippen LogP contribution in [0.25, 0.3) is 0 Å². The largest absolute Gasteiger partial charge is 0.359 e. The summed E-state index contributed by atoms with van der Waals surface area (Å²) in [6, 6.07) is 0. The maximum atomic E-state index is 12.4. The zero-order valence-electron chi connectivity index (χ0n) is 21.8. The van der Waals surface area contributed by atoms with E-state index in [0.717, 1.165) is 49.4 Å². The molecule has 0 heterocycles. The molecule has 0 amide bonds. The van der Waals surface area contributed by atoms with Gasteiger partial charge >= 0.3 is 0 Å². The zero-order valence-corrected chi connectivity index (χ0v) is 21.8. The number of carbonyl (C=O) groups excluding carboxylic acids is 1. The van der Waals surface area contributed by atoms with Crippen molar-refractivity contribution in [2.24, 2.45) is 52.3 Å². The maximum Gasteiger partial charge on any atom is 0.146 e. The van der Waals surface area contributed by atoms with E-state index in [1.54, 1.807) is 7.11 Å². The van der Waals surface area contributed by atoms with Crippen LogP contribution in [0.5, 0.6) is 0 Å². The van der Waals surface area contributed by atoms with Gasteiger partial charge in [-0.2, -0.15) is 0 Å². The standard InChI is InChI=1S/C29H50O3/c1-19(2)8-7-9-20(3)23-10-11-24-27-25(13-15-29(23,24)5)28(4)14-12-22(30)16-21(28)17-26(27)32-18-31-6/h19-21,23-27H,7-18H2,1-6H3/t20-,21+,23-,24+,25+,26-,27+,28+,29-/m1/s1. The molecule has 0 spiro atoms. The van der Waals surface area contributed by atoms with Gasteiger partial charge in [-0.05, 0) is 90.8 Å². The highest BCUT2D eigenvalue weighted by Crippen LogP contribution is 2.68. The van der Waals surface area contributed by atoms with E-state index in [1.165, 1.54) is 44.9 Å². The number of methoxy groups -OCH3 is 1. The first-order valence-corrected chi connectivity index (χ1v) is 13.8. The molecule has 0 saturated heterocycles. The number of hydrogen-bond donors (Lipinski definition) is 0. The van der Waals surface area contributed by atoms with Gasteiger partial charge in [0.1, 0.15) is 12.6 Å². The van der Waals surface area contributed by atoms with Gasteiger partial charge in [0.15, 0.2) is 0 Å². The fourth-order valence-corrected chi connectivity index (χ4v) is 9.34. The van der Waals surface area contributed by atoms with E-state index in [4.69, 9.17) is 9.47 Å². The molecule has 4 aliphatic rings. The van der Waals surface area contributed by atoms with Crippen LogP contribution in [0.4, 0.5) is 0 Å². The molecule has 3 nitrogen and oxygen atoms in total. The Morgan fingerprint density at radius 1 is 1.00 bits per heavy atom. The Morgan fingerprint density at radius 3 is 2.47 bits per heavy atom. The van der Waals surface area contributed by atoms with Crippen molar-refractivity contribution in [3.8, 4) is 0 Å². The van der Waals surface area contributed by atoms with Crippen molar-refractivity contribution in [2.45, 2.75) is 111 Å². The molecular formula is C29H50O3. The number of ether oxygens (including phenoxy) is 2. The number of rotatable bonds is 8. The molecule has 0 unspecified atom stereocenters. The molecule has 4 rings (SSSR count). The van der Waals surface area contributed by atoms with Crippen molar-refractivity contribution in [1.82, 2.24) is 0 Å². The molecule has 0 aromatic rings. The molecule has 0 radical (unpaired) electrons. The van der Waals surface area contributed by atoms with Crippen LogP contribution in [-0.2, 0) is 14.3 Å². The summed E-state index contributed by atoms with van der Waals surface area (Å²) < 4.78 is 11.8. The number of hydrogen-bond acceptors (Lipinski definition) is 3. The third-order valence-corrected chi connectivity index (χ3v) is 11.1. The lowest BCUT2D eigenvalue weighted by Crippen LogP contribution is -2.59. The predicted octanol–water partition coefficient (Wildman–Crippen LogP) is 7.28. The summed E-state index contributed by atoms with van der Waals surface area (Å²) in [7, 11) is 1.74. The van der Waals surface area contributed by atoms with Crippen LogP contribution in [0.1, 0.15) is 105 Å². The van der Waals surface area contributed by atoms with Crippen LogP contribution in [0, 0.1) is 52.3 Å². The Morgan fingerprint density at radius 2 is 1.75 bits per heavy atom. The van der Waals surface area contributed by atoms with E-state index in [2.05, 4.69) is 34.6 Å². The molecular weight excluding hydrogens is 396 g/mol. The molecule has 0 aromatic carbocycles. The van der Waals surface area contributed by atoms with Gasteiger partial charge in [0.25, 0.3) is 0 Å². The SMILES string of the molecule is COCO[C@@H]1C[C@@H]2CC(=O)CC[C@]2(C)[C@H]2CC[C@]3(C)[C@@H]([C@H](C)CCCC(C)C)CC[C@H]3[C@H]12. The van der Waals surface area contributed by atoms with Gasteiger partial charge in [-0.1, -0.05) is 53.9 Å². The molecule has 9 atom stereocenters. The third kappa shape index (κ3) is 4.35. The van der Waals surface area contributed by atoms with Crippen molar-refractivity contribution < 1.29 is 14.3 Å². The van der Waals surface area contributed by atoms with E-state index in [9.17, 15) is 4.79 Å². The van der Waals surface area contributed by atoms with Gasteiger partial charge in [0.2, 0.25) is 0 Å². The summed E-state index contributed by atoms with van der Waals surface area (Å²) in [5.41, 5.74) is 0.786. The number of Topliss-reactive ketones (excluding diaryl/α,β-unsaturated/α-hetero) is 1. The summed E-state index contributed by atoms with van der Waals surface area (Å²) in [5, 5.41) is 0. The second-order valence-electron chi connectivity index (χ2n) is 13.1. The third-order valence-electron chi connectivity index (χ3n) is 11.1. The van der Waals surface area contributed by atoms with E-state index in [-0.39, 0.29) is 6.10 Å². The Labute approximate surface area is 197 Å². The summed E-state index contributed by atoms with van der Waals surface area (Å²) in [5.74, 6) is 5.63. The lowest BCUT2D eigenvalue weighted by Gasteiger charge is -2.62. The zero-order chi connectivity index (χ0) is 23.1. The molecule has 3 heteroatoms. The van der Waals surface area contributed by atoms with E-state index < -0.39 is 0 Å². The molecule has 0 aromatic heterocycles. The summed E-state index contributed by atoms with van der Waals surface area (Å²) in [6.45, 7) is 12.8. The quantitative estimate of drug-likeness (QED) is 0.368. The Bertz CT molecular complexity index is 659. The van der Waals surface area contributed by atoms with Crippen LogP contribution in [0.3, 0.4) is 0 Å². The lowest BCUT2D eigenvalue weighted by molar-refractivity contribution is -0.201. The van der Waals surface area contributed by atoms with Gasteiger partial charge < -0.3 is 9.47 Å². The van der Waals surface area contributed by atoms with Crippen molar-refractivity contribution in [3.05, 3.63) is 0 Å². The van der Waals surface area contributed by atoms with Crippen LogP contribution < -0.4 is 0 Å². The van der Waals surface area contributed by atoms with Gasteiger partial charge in [0.05, 0.1) is 6.10 Å². The van der Waals surface area contributed by atoms with Crippen molar-refractivity contribution in [3.63, 3.8) is 0 Å². The van der Waals surface area contributed by atoms with Crippen LogP contribution in [-0.4, -0.2) is 25.8 Å². The van der Waals surface area contributed by atoms with E-state index in [0.29, 0.717) is 41.2 Å². The smallest absolute Gasteiger partial charge is 0.146 e. The van der Waals surface area contributed by atoms with Gasteiger partial charge in [0, 0.05) is 20.0 Å². The minimum atomic E-state index is 0.267. The topological polar surface area (TPSA) is 35.5 Å². The highest BCUT2D eigenvalue weighted by molar-refractivity contribution is 5.79.